The van der Waals surface area contributed by atoms with Gasteiger partial charge in [0.15, 0.2) is 0 Å². The number of carbonyl (C=O) groups excluding carboxylic acids is 1. The number of nitrogens with one attached hydrogen (secondary N) is 1. The van der Waals surface area contributed by atoms with E-state index in [0.29, 0.717) is 6.42 Å². The minimum Gasteiger partial charge on any atom is -0.385 e. The summed E-state index contributed by atoms with van der Waals surface area (Å²) in [6.45, 7) is 1.25. The van der Waals surface area contributed by atoms with Crippen molar-refractivity contribution >= 4 is 11.6 Å². The van der Waals surface area contributed by atoms with Gasteiger partial charge in [-0.25, -0.2) is 0 Å². The summed E-state index contributed by atoms with van der Waals surface area (Å²) in [5.41, 5.74) is 14.5. The summed E-state index contributed by atoms with van der Waals surface area (Å²) in [5.74, 6) is -0.625. The number of rotatable bonds is 10. The maximum absolute atomic E-state index is 11.2. The molecule has 1 amide bonds. The lowest BCUT2D eigenvalue weighted by molar-refractivity contribution is -0.121. The summed E-state index contributed by atoms with van der Waals surface area (Å²) in [5, 5.41) is 3.43. The first kappa shape index (κ1) is 18.0. The molecule has 24 heavy (non-hydrogen) atoms. The summed E-state index contributed by atoms with van der Waals surface area (Å²) in [6.07, 6.45) is 4.03. The quantitative estimate of drug-likeness (QED) is 0.588. The van der Waals surface area contributed by atoms with Crippen LogP contribution in [0.15, 0.2) is 54.6 Å². The van der Waals surface area contributed by atoms with Gasteiger partial charge < -0.3 is 16.8 Å². The Morgan fingerprint density at radius 1 is 0.958 bits per heavy atom. The highest BCUT2D eigenvalue weighted by Gasteiger charge is 2.13. The SMILES string of the molecule is NCC(Cc1ccc(NCCCCc2ccccc2)cc1)C(N)=O. The van der Waals surface area contributed by atoms with E-state index in [2.05, 4.69) is 29.6 Å². The largest absolute Gasteiger partial charge is 0.385 e. The molecule has 0 saturated heterocycles. The summed E-state index contributed by atoms with van der Waals surface area (Å²) in [4.78, 5) is 11.2. The zero-order chi connectivity index (χ0) is 17.2. The first-order chi connectivity index (χ1) is 11.7. The highest BCUT2D eigenvalue weighted by Crippen LogP contribution is 2.13. The van der Waals surface area contributed by atoms with Gasteiger partial charge in [-0.3, -0.25) is 4.79 Å². The highest BCUT2D eigenvalue weighted by molar-refractivity contribution is 5.77. The van der Waals surface area contributed by atoms with E-state index >= 15 is 0 Å². The molecule has 0 aromatic heterocycles. The van der Waals surface area contributed by atoms with Gasteiger partial charge in [0, 0.05) is 18.8 Å². The van der Waals surface area contributed by atoms with Crippen LogP contribution in [0.5, 0.6) is 0 Å². The van der Waals surface area contributed by atoms with Crippen LogP contribution in [0.1, 0.15) is 24.0 Å². The number of nitrogens with two attached hydrogens (primary N) is 2. The summed E-state index contributed by atoms with van der Waals surface area (Å²) in [7, 11) is 0. The fourth-order valence-electron chi connectivity index (χ4n) is 2.67. The Morgan fingerprint density at radius 3 is 2.29 bits per heavy atom. The molecule has 0 bridgehead atoms. The molecule has 128 valence electrons. The molecule has 1 atom stereocenters. The molecule has 0 radical (unpaired) electrons. The van der Waals surface area contributed by atoms with Gasteiger partial charge in [-0.05, 0) is 48.9 Å². The van der Waals surface area contributed by atoms with Crippen LogP contribution in [0.4, 0.5) is 5.69 Å². The predicted octanol–water partition coefficient (Wildman–Crippen LogP) is 2.72. The number of carbonyl (C=O) groups is 1. The van der Waals surface area contributed by atoms with Gasteiger partial charge in [-0.15, -0.1) is 0 Å². The normalized spacial score (nSPS) is 11.9. The average Bonchev–Trinajstić information content (AvgIpc) is 2.61. The second-order valence-corrected chi connectivity index (χ2v) is 6.11. The summed E-state index contributed by atoms with van der Waals surface area (Å²) < 4.78 is 0. The fourth-order valence-corrected chi connectivity index (χ4v) is 2.67. The molecule has 0 saturated carbocycles. The van der Waals surface area contributed by atoms with Crippen molar-refractivity contribution in [2.45, 2.75) is 25.7 Å². The molecule has 4 heteroatoms. The minimum absolute atomic E-state index is 0.288. The second kappa shape index (κ2) is 9.73. The summed E-state index contributed by atoms with van der Waals surface area (Å²) >= 11 is 0. The Kier molecular flexibility index (Phi) is 7.30. The van der Waals surface area contributed by atoms with Gasteiger partial charge >= 0.3 is 0 Å². The van der Waals surface area contributed by atoms with Crippen molar-refractivity contribution in [2.75, 3.05) is 18.4 Å². The predicted molar refractivity (Wildman–Crippen MR) is 99.8 cm³/mol. The van der Waals surface area contributed by atoms with Crippen LogP contribution in [0.25, 0.3) is 0 Å². The van der Waals surface area contributed by atoms with Gasteiger partial charge in [0.25, 0.3) is 0 Å². The van der Waals surface area contributed by atoms with Crippen molar-refractivity contribution in [3.8, 4) is 0 Å². The number of aryl methyl sites for hydroxylation is 1. The number of hydrogen-bond acceptors (Lipinski definition) is 3. The Labute approximate surface area is 144 Å². The van der Waals surface area contributed by atoms with E-state index in [1.54, 1.807) is 0 Å². The number of benzene rings is 2. The molecule has 2 rings (SSSR count). The third-order valence-electron chi connectivity index (χ3n) is 4.19. The molecule has 0 heterocycles. The van der Waals surface area contributed by atoms with Gasteiger partial charge in [0.2, 0.25) is 5.91 Å². The van der Waals surface area contributed by atoms with Crippen molar-refractivity contribution in [3.63, 3.8) is 0 Å². The van der Waals surface area contributed by atoms with Gasteiger partial charge in [-0.2, -0.15) is 0 Å². The molecule has 5 N–H and O–H groups in total. The zero-order valence-electron chi connectivity index (χ0n) is 14.1. The molecule has 2 aromatic rings. The van der Waals surface area contributed by atoms with E-state index in [9.17, 15) is 4.79 Å². The highest BCUT2D eigenvalue weighted by atomic mass is 16.1. The van der Waals surface area contributed by atoms with Crippen LogP contribution in [0.3, 0.4) is 0 Å². The van der Waals surface area contributed by atoms with Crippen molar-refractivity contribution in [2.24, 2.45) is 17.4 Å². The molecule has 0 fully saturated rings. The molecule has 4 nitrogen and oxygen atoms in total. The van der Waals surface area contributed by atoms with Gasteiger partial charge in [0.1, 0.15) is 0 Å². The monoisotopic (exact) mass is 325 g/mol. The Bertz CT molecular complexity index is 611. The third-order valence-corrected chi connectivity index (χ3v) is 4.19. The lowest BCUT2D eigenvalue weighted by Gasteiger charge is -2.11. The van der Waals surface area contributed by atoms with E-state index in [-0.39, 0.29) is 18.4 Å². The maximum atomic E-state index is 11.2. The van der Waals surface area contributed by atoms with E-state index < -0.39 is 0 Å². The Morgan fingerprint density at radius 2 is 1.67 bits per heavy atom. The number of amides is 1. The standard InChI is InChI=1S/C20H27N3O/c21-15-18(20(22)24)14-17-9-11-19(12-10-17)23-13-5-4-8-16-6-2-1-3-7-16/h1-3,6-7,9-12,18,23H,4-5,8,13-15,21H2,(H2,22,24). The topological polar surface area (TPSA) is 81.1 Å². The smallest absolute Gasteiger partial charge is 0.222 e. The van der Waals surface area contributed by atoms with Crippen molar-refractivity contribution in [3.05, 3.63) is 65.7 Å². The fraction of sp³-hybridized carbons (Fsp3) is 0.350. The number of anilines is 1. The lowest BCUT2D eigenvalue weighted by atomic mass is 9.99. The van der Waals surface area contributed by atoms with Crippen molar-refractivity contribution in [1.82, 2.24) is 0 Å². The maximum Gasteiger partial charge on any atom is 0.222 e. The molecule has 1 unspecified atom stereocenters. The van der Waals surface area contributed by atoms with Gasteiger partial charge in [-0.1, -0.05) is 42.5 Å². The molecule has 0 aliphatic heterocycles. The van der Waals surface area contributed by atoms with E-state index in [1.807, 2.05) is 30.3 Å². The molecule has 0 spiro atoms. The van der Waals surface area contributed by atoms with Crippen molar-refractivity contribution < 1.29 is 4.79 Å². The van der Waals surface area contributed by atoms with Crippen molar-refractivity contribution in [1.29, 1.82) is 0 Å². The van der Waals surface area contributed by atoms with Crippen LogP contribution in [-0.2, 0) is 17.6 Å². The third kappa shape index (κ3) is 6.05. The molecular weight excluding hydrogens is 298 g/mol. The number of hydrogen-bond donors (Lipinski definition) is 3. The van der Waals surface area contributed by atoms with Crippen LogP contribution in [-0.4, -0.2) is 19.0 Å². The first-order valence-corrected chi connectivity index (χ1v) is 8.55. The van der Waals surface area contributed by atoms with E-state index in [1.165, 1.54) is 12.0 Å². The molecular formula is C20H27N3O. The lowest BCUT2D eigenvalue weighted by Crippen LogP contribution is -2.31. The average molecular weight is 325 g/mol. The Hall–Kier alpha value is -2.33. The van der Waals surface area contributed by atoms with Crippen LogP contribution in [0.2, 0.25) is 0 Å². The number of primary amides is 1. The minimum atomic E-state index is -0.335. The second-order valence-electron chi connectivity index (χ2n) is 6.11. The number of unbranched alkanes of at least 4 members (excludes halogenated alkanes) is 1. The molecule has 0 aliphatic rings. The zero-order valence-corrected chi connectivity index (χ0v) is 14.1. The van der Waals surface area contributed by atoms with Crippen LogP contribution >= 0.6 is 0 Å². The van der Waals surface area contributed by atoms with Crippen LogP contribution < -0.4 is 16.8 Å². The van der Waals surface area contributed by atoms with Gasteiger partial charge in [0.05, 0.1) is 5.92 Å². The van der Waals surface area contributed by atoms with E-state index in [4.69, 9.17) is 11.5 Å². The Balaban J connectivity index is 1.69. The summed E-state index contributed by atoms with van der Waals surface area (Å²) in [6, 6.07) is 18.7. The molecule has 0 aliphatic carbocycles. The van der Waals surface area contributed by atoms with E-state index in [0.717, 1.165) is 30.6 Å². The first-order valence-electron chi connectivity index (χ1n) is 8.55. The molecule has 2 aromatic carbocycles. The van der Waals surface area contributed by atoms with Crippen LogP contribution in [0, 0.1) is 5.92 Å².